The van der Waals surface area contributed by atoms with E-state index in [1.807, 2.05) is 12.1 Å². The molecule has 2 aromatic rings. The molecule has 0 aliphatic rings. The quantitative estimate of drug-likeness (QED) is 0.572. The van der Waals surface area contributed by atoms with Crippen LogP contribution >= 0.6 is 0 Å². The molecule has 2 rings (SSSR count). The van der Waals surface area contributed by atoms with Gasteiger partial charge in [0.05, 0.1) is 29.0 Å². The smallest absolute Gasteiger partial charge is 0.275 e. The van der Waals surface area contributed by atoms with Gasteiger partial charge in [-0.25, -0.2) is 4.98 Å². The van der Waals surface area contributed by atoms with Crippen molar-refractivity contribution in [3.05, 3.63) is 36.2 Å². The molecule has 96 valence electrons. The molecular weight excluding hydrogens is 236 g/mol. The second-order valence-corrected chi connectivity index (χ2v) is 4.11. The predicted molar refractivity (Wildman–Crippen MR) is 63.1 cm³/mol. The summed E-state index contributed by atoms with van der Waals surface area (Å²) in [6, 6.07) is 7.23. The van der Waals surface area contributed by atoms with Crippen molar-refractivity contribution in [1.82, 2.24) is 9.97 Å². The summed E-state index contributed by atoms with van der Waals surface area (Å²) < 4.78 is 0. The van der Waals surface area contributed by atoms with Crippen LogP contribution in [-0.2, 0) is 0 Å². The van der Waals surface area contributed by atoms with Gasteiger partial charge in [-0.05, 0) is 18.6 Å². The summed E-state index contributed by atoms with van der Waals surface area (Å²) in [4.78, 5) is 8.36. The highest BCUT2D eigenvalue weighted by atomic mass is 16.7. The van der Waals surface area contributed by atoms with Gasteiger partial charge in [0.2, 0.25) is 0 Å². The van der Waals surface area contributed by atoms with Crippen LogP contribution in [-0.4, -0.2) is 36.4 Å². The number of fused-ring (bicyclic) bond motifs is 1. The van der Waals surface area contributed by atoms with Gasteiger partial charge < -0.3 is 20.4 Å². The third kappa shape index (κ3) is 3.21. The summed E-state index contributed by atoms with van der Waals surface area (Å²) in [7, 11) is 0. The average molecular weight is 250 g/mol. The molecule has 0 bridgehead atoms. The maximum absolute atomic E-state index is 9.81. The third-order valence-corrected chi connectivity index (χ3v) is 2.56. The van der Waals surface area contributed by atoms with E-state index >= 15 is 0 Å². The molecule has 1 aromatic carbocycles. The molecule has 0 spiro atoms. The van der Waals surface area contributed by atoms with E-state index in [-0.39, 0.29) is 12.8 Å². The summed E-state index contributed by atoms with van der Waals surface area (Å²) in [6.45, 7) is 0. The molecule has 0 saturated carbocycles. The van der Waals surface area contributed by atoms with E-state index in [2.05, 4.69) is 9.97 Å². The highest BCUT2D eigenvalue weighted by Crippen LogP contribution is 2.20. The Hall–Kier alpha value is -1.60. The average Bonchev–Trinajstić information content (AvgIpc) is 2.34. The molecule has 1 heterocycles. The van der Waals surface area contributed by atoms with Gasteiger partial charge in [0.25, 0.3) is 5.97 Å². The van der Waals surface area contributed by atoms with Crippen LogP contribution in [0.2, 0.25) is 0 Å². The van der Waals surface area contributed by atoms with Crippen molar-refractivity contribution in [3.8, 4) is 0 Å². The molecule has 0 amide bonds. The Bertz CT molecular complexity index is 539. The number of nitrogens with zero attached hydrogens (tertiary/aromatic N) is 2. The maximum atomic E-state index is 9.81. The summed E-state index contributed by atoms with van der Waals surface area (Å²) >= 11 is 0. The van der Waals surface area contributed by atoms with E-state index in [1.54, 1.807) is 12.1 Å². The van der Waals surface area contributed by atoms with E-state index in [9.17, 15) is 5.11 Å². The molecule has 6 heteroatoms. The standard InChI is InChI=1S/C12H14N2O4/c15-11(5-6-12(16,17)18)10-7-13-8-3-1-2-4-9(8)14-10/h1-4,7,11,15-18H,5-6H2. The Balaban J connectivity index is 2.15. The zero-order chi connectivity index (χ0) is 13.2. The first-order chi connectivity index (χ1) is 8.46. The molecule has 1 unspecified atom stereocenters. The Morgan fingerprint density at radius 2 is 1.78 bits per heavy atom. The number of aliphatic hydroxyl groups is 4. The van der Waals surface area contributed by atoms with E-state index in [4.69, 9.17) is 15.3 Å². The normalized spacial score (nSPS) is 13.8. The van der Waals surface area contributed by atoms with Crippen molar-refractivity contribution >= 4 is 11.0 Å². The molecule has 1 atom stereocenters. The summed E-state index contributed by atoms with van der Waals surface area (Å²) in [5.41, 5.74) is 1.70. The zero-order valence-electron chi connectivity index (χ0n) is 9.56. The lowest BCUT2D eigenvalue weighted by atomic mass is 10.1. The van der Waals surface area contributed by atoms with Crippen LogP contribution in [0, 0.1) is 0 Å². The number of aliphatic hydroxyl groups excluding tert-OH is 1. The van der Waals surface area contributed by atoms with Gasteiger partial charge in [-0.15, -0.1) is 0 Å². The number of benzene rings is 1. The van der Waals surface area contributed by atoms with E-state index in [0.29, 0.717) is 16.7 Å². The molecule has 1 aromatic heterocycles. The molecule has 6 nitrogen and oxygen atoms in total. The molecule has 0 aliphatic heterocycles. The van der Waals surface area contributed by atoms with Crippen molar-refractivity contribution in [3.63, 3.8) is 0 Å². The van der Waals surface area contributed by atoms with Gasteiger partial charge in [-0.1, -0.05) is 12.1 Å². The third-order valence-electron chi connectivity index (χ3n) is 2.56. The van der Waals surface area contributed by atoms with Crippen LogP contribution < -0.4 is 0 Å². The molecule has 0 fully saturated rings. The van der Waals surface area contributed by atoms with Crippen molar-refractivity contribution in [2.75, 3.05) is 0 Å². The Morgan fingerprint density at radius 3 is 2.44 bits per heavy atom. The predicted octanol–water partition coefficient (Wildman–Crippen LogP) is 0.0741. The topological polar surface area (TPSA) is 107 Å². The first kappa shape index (κ1) is 12.8. The fourth-order valence-corrected chi connectivity index (χ4v) is 1.61. The Morgan fingerprint density at radius 1 is 1.11 bits per heavy atom. The first-order valence-electron chi connectivity index (χ1n) is 5.52. The molecule has 18 heavy (non-hydrogen) atoms. The van der Waals surface area contributed by atoms with Crippen molar-refractivity contribution in [2.45, 2.75) is 24.9 Å². The Labute approximate surface area is 103 Å². The second-order valence-electron chi connectivity index (χ2n) is 4.11. The number of aromatic nitrogens is 2. The maximum Gasteiger partial charge on any atom is 0.275 e. The monoisotopic (exact) mass is 250 g/mol. The van der Waals surface area contributed by atoms with Gasteiger partial charge in [-0.2, -0.15) is 0 Å². The summed E-state index contributed by atoms with van der Waals surface area (Å²) in [5, 5.41) is 36.1. The fraction of sp³-hybridized carbons (Fsp3) is 0.333. The zero-order valence-corrected chi connectivity index (χ0v) is 9.56. The van der Waals surface area contributed by atoms with Gasteiger partial charge in [0.1, 0.15) is 0 Å². The van der Waals surface area contributed by atoms with Gasteiger partial charge in [0.15, 0.2) is 0 Å². The lowest BCUT2D eigenvalue weighted by Gasteiger charge is -2.16. The van der Waals surface area contributed by atoms with Crippen LogP contribution in [0.5, 0.6) is 0 Å². The minimum Gasteiger partial charge on any atom is -0.387 e. The first-order valence-corrected chi connectivity index (χ1v) is 5.52. The van der Waals surface area contributed by atoms with Crippen LogP contribution in [0.25, 0.3) is 11.0 Å². The minimum atomic E-state index is -2.77. The van der Waals surface area contributed by atoms with Crippen LogP contribution in [0.3, 0.4) is 0 Å². The second kappa shape index (κ2) is 4.95. The van der Waals surface area contributed by atoms with Crippen LogP contribution in [0.15, 0.2) is 30.5 Å². The van der Waals surface area contributed by atoms with Crippen molar-refractivity contribution in [1.29, 1.82) is 0 Å². The molecule has 0 radical (unpaired) electrons. The van der Waals surface area contributed by atoms with Gasteiger partial charge in [0, 0.05) is 6.42 Å². The number of hydrogen-bond acceptors (Lipinski definition) is 6. The van der Waals surface area contributed by atoms with Crippen LogP contribution in [0.4, 0.5) is 0 Å². The highest BCUT2D eigenvalue weighted by molar-refractivity contribution is 5.73. The van der Waals surface area contributed by atoms with E-state index < -0.39 is 12.1 Å². The van der Waals surface area contributed by atoms with Crippen molar-refractivity contribution < 1.29 is 20.4 Å². The summed E-state index contributed by atoms with van der Waals surface area (Å²) in [5.74, 6) is -2.77. The van der Waals surface area contributed by atoms with Crippen molar-refractivity contribution in [2.24, 2.45) is 0 Å². The highest BCUT2D eigenvalue weighted by Gasteiger charge is 2.21. The molecule has 4 N–H and O–H groups in total. The number of rotatable bonds is 4. The Kier molecular flexibility index (Phi) is 3.53. The largest absolute Gasteiger partial charge is 0.387 e. The SMILES string of the molecule is OC(CCC(O)(O)O)c1cnc2ccccc2n1. The molecule has 0 aliphatic carbocycles. The molecule has 0 saturated heterocycles. The number of para-hydroxylation sites is 2. The van der Waals surface area contributed by atoms with Gasteiger partial charge >= 0.3 is 0 Å². The number of hydrogen-bond donors (Lipinski definition) is 4. The van der Waals surface area contributed by atoms with Gasteiger partial charge in [-0.3, -0.25) is 4.98 Å². The lowest BCUT2D eigenvalue weighted by molar-refractivity contribution is -0.316. The summed E-state index contributed by atoms with van der Waals surface area (Å²) in [6.07, 6.45) is 0.0212. The lowest BCUT2D eigenvalue weighted by Crippen LogP contribution is -2.27. The fourth-order valence-electron chi connectivity index (χ4n) is 1.61. The minimum absolute atomic E-state index is 0.0312. The van der Waals surface area contributed by atoms with E-state index in [0.717, 1.165) is 0 Å². The van der Waals surface area contributed by atoms with Crippen LogP contribution in [0.1, 0.15) is 24.6 Å². The molecular formula is C12H14N2O4. The van der Waals surface area contributed by atoms with E-state index in [1.165, 1.54) is 6.20 Å².